The van der Waals surface area contributed by atoms with E-state index in [-0.39, 0.29) is 72.9 Å². The van der Waals surface area contributed by atoms with E-state index in [0.29, 0.717) is 38.8 Å². The number of fused-ring (bicyclic) bond motifs is 3. The van der Waals surface area contributed by atoms with E-state index in [1.807, 2.05) is 103 Å². The lowest BCUT2D eigenvalue weighted by Gasteiger charge is -2.71. The van der Waals surface area contributed by atoms with Crippen LogP contribution in [0.2, 0.25) is 0 Å². The SMILES string of the molecule is CC(=O)O[C@@H]1C[C@@]23COC[C@@](C)([C@@H]2CC[C@H]2C3=CC[C@@]3(C)[C@H](C(=O)OCc4ccccc4)[C@@](C)([C@H](C)C(C)C)CC[C@]23C)[C@H]1O[C@@H]1OC(COCc2ccccc2)[C@H](OCc2ccccc2)[C@H](OCc2ccccc2)C1OCc1ccccc1. The molecule has 2 unspecified atom stereocenters. The molecule has 448 valence electrons. The second-order valence-corrected chi connectivity index (χ2v) is 26.8. The van der Waals surface area contributed by atoms with Crippen LogP contribution in [0.4, 0.5) is 0 Å². The summed E-state index contributed by atoms with van der Waals surface area (Å²) < 4.78 is 63.2. The van der Waals surface area contributed by atoms with Crippen LogP contribution in [0.25, 0.3) is 0 Å². The minimum absolute atomic E-state index is 0.0881. The van der Waals surface area contributed by atoms with Gasteiger partial charge >= 0.3 is 11.9 Å². The fourth-order valence-electron chi connectivity index (χ4n) is 16.9. The Hall–Kier alpha value is -5.50. The third kappa shape index (κ3) is 11.8. The Morgan fingerprint density at radius 3 is 1.68 bits per heavy atom. The molecule has 6 aliphatic rings. The van der Waals surface area contributed by atoms with Gasteiger partial charge < -0.3 is 42.6 Å². The van der Waals surface area contributed by atoms with Gasteiger partial charge in [0.1, 0.15) is 43.2 Å². The number of allylic oxidation sites excluding steroid dienone is 1. The monoisotopic (exact) mass is 1140 g/mol. The van der Waals surface area contributed by atoms with Crippen molar-refractivity contribution in [1.82, 2.24) is 0 Å². The van der Waals surface area contributed by atoms with Crippen molar-refractivity contribution in [3.63, 3.8) is 0 Å². The first kappa shape index (κ1) is 60.2. The van der Waals surface area contributed by atoms with Gasteiger partial charge in [0.15, 0.2) is 6.29 Å². The van der Waals surface area contributed by atoms with Crippen LogP contribution in [0, 0.1) is 56.7 Å². The number of rotatable bonds is 21. The molecule has 5 aromatic rings. The third-order valence-electron chi connectivity index (χ3n) is 21.7. The Morgan fingerprint density at radius 1 is 0.607 bits per heavy atom. The lowest BCUT2D eigenvalue weighted by molar-refractivity contribution is -0.364. The first-order valence-electron chi connectivity index (χ1n) is 31.1. The van der Waals surface area contributed by atoms with Crippen molar-refractivity contribution in [2.24, 2.45) is 56.7 Å². The molecule has 2 saturated heterocycles. The molecular weight excluding hydrogens is 1050 g/mol. The summed E-state index contributed by atoms with van der Waals surface area (Å²) in [6.07, 6.45) is 2.28. The predicted molar refractivity (Wildman–Crippen MR) is 322 cm³/mol. The molecule has 0 N–H and O–H groups in total. The molecule has 5 fully saturated rings. The van der Waals surface area contributed by atoms with Gasteiger partial charge in [0, 0.05) is 17.8 Å². The Balaban J connectivity index is 0.956. The first-order chi connectivity index (χ1) is 40.6. The van der Waals surface area contributed by atoms with Crippen molar-refractivity contribution in [2.75, 3.05) is 19.8 Å². The molecule has 16 atom stereocenters. The smallest absolute Gasteiger partial charge is 0.310 e. The van der Waals surface area contributed by atoms with E-state index in [2.05, 4.69) is 103 Å². The lowest BCUT2D eigenvalue weighted by Crippen LogP contribution is -2.71. The number of carbonyl (C=O) groups is 2. The van der Waals surface area contributed by atoms with Crippen molar-refractivity contribution in [3.8, 4) is 0 Å². The summed E-state index contributed by atoms with van der Waals surface area (Å²) in [5.74, 6) is 0.160. The van der Waals surface area contributed by atoms with Gasteiger partial charge in [-0.2, -0.15) is 0 Å². The quantitative estimate of drug-likeness (QED) is 0.0397. The highest BCUT2D eigenvalue weighted by Crippen LogP contribution is 2.75. The van der Waals surface area contributed by atoms with Gasteiger partial charge in [0.2, 0.25) is 0 Å². The summed E-state index contributed by atoms with van der Waals surface area (Å²) in [6, 6.07) is 50.6. The summed E-state index contributed by atoms with van der Waals surface area (Å²) in [4.78, 5) is 28.9. The number of hydrogen-bond donors (Lipinski definition) is 0. The number of esters is 2. The molecular formula is C73H90O11. The van der Waals surface area contributed by atoms with Gasteiger partial charge in [-0.25, -0.2) is 0 Å². The van der Waals surface area contributed by atoms with Gasteiger partial charge in [0.05, 0.1) is 52.2 Å². The van der Waals surface area contributed by atoms with Gasteiger partial charge in [-0.1, -0.05) is 212 Å². The summed E-state index contributed by atoms with van der Waals surface area (Å²) in [5, 5.41) is 0. The largest absolute Gasteiger partial charge is 0.461 e. The van der Waals surface area contributed by atoms with Crippen LogP contribution in [-0.2, 0) is 85.3 Å². The minimum atomic E-state index is -1.03. The van der Waals surface area contributed by atoms with Crippen molar-refractivity contribution in [1.29, 1.82) is 0 Å². The third-order valence-corrected chi connectivity index (χ3v) is 21.7. The number of ether oxygens (including phenoxy) is 9. The molecule has 4 aliphatic carbocycles. The van der Waals surface area contributed by atoms with E-state index < -0.39 is 59.2 Å². The molecule has 11 heteroatoms. The maximum atomic E-state index is 15.2. The van der Waals surface area contributed by atoms with Crippen molar-refractivity contribution in [2.45, 2.75) is 170 Å². The fourth-order valence-corrected chi connectivity index (χ4v) is 16.9. The Morgan fingerprint density at radius 2 is 1.13 bits per heavy atom. The molecule has 0 radical (unpaired) electrons. The maximum absolute atomic E-state index is 15.2. The van der Waals surface area contributed by atoms with E-state index in [9.17, 15) is 4.79 Å². The normalized spacial score (nSPS) is 34.7. The van der Waals surface area contributed by atoms with Crippen LogP contribution in [0.3, 0.4) is 0 Å². The van der Waals surface area contributed by atoms with Crippen LogP contribution >= 0.6 is 0 Å². The molecule has 5 aromatic carbocycles. The van der Waals surface area contributed by atoms with Gasteiger partial charge in [0.25, 0.3) is 0 Å². The van der Waals surface area contributed by atoms with Gasteiger partial charge in [-0.3, -0.25) is 9.59 Å². The Bertz CT molecular complexity index is 3000. The Kier molecular flexibility index (Phi) is 18.2. The van der Waals surface area contributed by atoms with Crippen LogP contribution in [-0.4, -0.2) is 74.7 Å². The van der Waals surface area contributed by atoms with Crippen LogP contribution in [0.15, 0.2) is 163 Å². The van der Waals surface area contributed by atoms with E-state index in [1.54, 1.807) is 0 Å². The number of carbonyl (C=O) groups excluding carboxylic acids is 2. The summed E-state index contributed by atoms with van der Waals surface area (Å²) >= 11 is 0. The molecule has 3 saturated carbocycles. The molecule has 11 nitrogen and oxygen atoms in total. The van der Waals surface area contributed by atoms with Crippen molar-refractivity contribution >= 4 is 11.9 Å². The van der Waals surface area contributed by atoms with E-state index in [0.717, 1.165) is 59.9 Å². The van der Waals surface area contributed by atoms with Crippen LogP contribution in [0.5, 0.6) is 0 Å². The molecule has 0 amide bonds. The fraction of sp³-hybridized carbons (Fsp3) is 0.534. The van der Waals surface area contributed by atoms with E-state index >= 15 is 4.79 Å². The number of benzene rings is 5. The topological polar surface area (TPSA) is 117 Å². The first-order valence-corrected chi connectivity index (χ1v) is 31.1. The van der Waals surface area contributed by atoms with Crippen LogP contribution < -0.4 is 0 Å². The zero-order valence-electron chi connectivity index (χ0n) is 50.8. The summed E-state index contributed by atoms with van der Waals surface area (Å²) in [6.45, 7) is 20.5. The highest BCUT2D eigenvalue weighted by atomic mass is 16.7. The highest BCUT2D eigenvalue weighted by Gasteiger charge is 2.72. The molecule has 2 aliphatic heterocycles. The summed E-state index contributed by atoms with van der Waals surface area (Å²) in [5.41, 5.74) is 4.38. The number of hydrogen-bond acceptors (Lipinski definition) is 11. The molecule has 0 spiro atoms. The average Bonchev–Trinajstić information content (AvgIpc) is 0.716. The zero-order chi connectivity index (χ0) is 58.7. The molecule has 11 rings (SSSR count). The zero-order valence-corrected chi connectivity index (χ0v) is 50.8. The van der Waals surface area contributed by atoms with Gasteiger partial charge in [-0.05, 0) is 106 Å². The van der Waals surface area contributed by atoms with Crippen molar-refractivity contribution < 1.29 is 52.2 Å². The molecule has 2 heterocycles. The maximum Gasteiger partial charge on any atom is 0.310 e. The average molecular weight is 1140 g/mol. The lowest BCUT2D eigenvalue weighted by atomic mass is 9.34. The van der Waals surface area contributed by atoms with Crippen LogP contribution in [0.1, 0.15) is 122 Å². The molecule has 84 heavy (non-hydrogen) atoms. The highest BCUT2D eigenvalue weighted by molar-refractivity contribution is 5.75. The molecule has 0 aromatic heterocycles. The summed E-state index contributed by atoms with van der Waals surface area (Å²) in [7, 11) is 0. The second-order valence-electron chi connectivity index (χ2n) is 26.8. The second kappa shape index (κ2) is 25.4. The minimum Gasteiger partial charge on any atom is -0.461 e. The van der Waals surface area contributed by atoms with Crippen molar-refractivity contribution in [3.05, 3.63) is 191 Å². The predicted octanol–water partition coefficient (Wildman–Crippen LogP) is 14.2. The van der Waals surface area contributed by atoms with E-state index in [1.165, 1.54) is 12.5 Å². The molecule has 2 bridgehead atoms. The van der Waals surface area contributed by atoms with Gasteiger partial charge in [-0.15, -0.1) is 0 Å². The Labute approximate surface area is 499 Å². The van der Waals surface area contributed by atoms with E-state index in [4.69, 9.17) is 42.6 Å². The standard InChI is InChI=1S/C73H90O11/c1-49(2)50(3)69(5)38-39-71(7)57-34-35-61-70(6)47-77-48-73(61,58(57)36-37-72(71,8)65(69)67(75)81-45-56-32-22-13-23-33-56)40-59(82-51(4)74)66(70)84-68-64(80-44-55-30-20-12-21-31-55)63(79-43-54-28-18-11-19-29-54)62(78-42-53-26-16-10-17-27-53)60(83-68)46-76-41-52-24-14-9-15-25-52/h9-33,36,49-50,57,59-66,68H,34-35,37-48H2,1-8H3/t50-,57+,59-,60?,61+,62+,63+,64?,65-,66+,68+,69-,70+,71-,72+,73+/m1/s1.